The summed E-state index contributed by atoms with van der Waals surface area (Å²) >= 11 is 0. The van der Waals surface area contributed by atoms with E-state index in [4.69, 9.17) is 15.3 Å². The fraction of sp³-hybridized carbons (Fsp3) is 0.538. The van der Waals surface area contributed by atoms with Crippen LogP contribution in [0.15, 0.2) is 23.8 Å². The van der Waals surface area contributed by atoms with Crippen LogP contribution in [-0.4, -0.2) is 33.4 Å². The lowest BCUT2D eigenvalue weighted by Crippen LogP contribution is -2.10. The number of aliphatic hydroxyl groups excluding tert-OH is 1. The maximum absolute atomic E-state index is 10.8. The van der Waals surface area contributed by atoms with E-state index in [9.17, 15) is 9.59 Å². The first kappa shape index (κ1) is 16.4. The smallest absolute Gasteiger partial charge is 0.336 e. The van der Waals surface area contributed by atoms with Gasteiger partial charge in [-0.1, -0.05) is 25.5 Å². The Balaban J connectivity index is 4.15. The molecule has 0 spiro atoms. The van der Waals surface area contributed by atoms with Crippen LogP contribution in [0.2, 0.25) is 0 Å². The highest BCUT2D eigenvalue weighted by Crippen LogP contribution is 2.12. The molecule has 1 atom stereocenters. The van der Waals surface area contributed by atoms with Gasteiger partial charge in [0.2, 0.25) is 0 Å². The van der Waals surface area contributed by atoms with Crippen LogP contribution in [-0.2, 0) is 9.59 Å². The molecule has 3 N–H and O–H groups in total. The molecule has 0 aromatic heterocycles. The number of aliphatic carboxylic acids is 2. The number of allylic oxidation sites excluding steroid dienone is 1. The second kappa shape index (κ2) is 8.47. The highest BCUT2D eigenvalue weighted by atomic mass is 16.4. The molecular weight excluding hydrogens is 236 g/mol. The predicted molar refractivity (Wildman–Crippen MR) is 67.3 cm³/mol. The minimum atomic E-state index is -1.32. The van der Waals surface area contributed by atoms with Crippen molar-refractivity contribution < 1.29 is 24.9 Å². The third-order valence-corrected chi connectivity index (χ3v) is 2.49. The highest BCUT2D eigenvalue weighted by Gasteiger charge is 2.16. The van der Waals surface area contributed by atoms with E-state index in [0.29, 0.717) is 6.42 Å². The van der Waals surface area contributed by atoms with Crippen LogP contribution in [0.5, 0.6) is 0 Å². The predicted octanol–water partition coefficient (Wildman–Crippen LogP) is 1.97. The van der Waals surface area contributed by atoms with E-state index in [2.05, 4.69) is 6.58 Å². The van der Waals surface area contributed by atoms with Crippen LogP contribution < -0.4 is 0 Å². The Morgan fingerprint density at radius 3 is 2.22 bits per heavy atom. The van der Waals surface area contributed by atoms with Gasteiger partial charge in [-0.2, -0.15) is 0 Å². The third kappa shape index (κ3) is 6.85. The zero-order chi connectivity index (χ0) is 14.1. The van der Waals surface area contributed by atoms with Crippen molar-refractivity contribution in [1.82, 2.24) is 0 Å². The topological polar surface area (TPSA) is 94.8 Å². The first-order chi connectivity index (χ1) is 8.36. The Labute approximate surface area is 106 Å². The average Bonchev–Trinajstić information content (AvgIpc) is 2.26. The van der Waals surface area contributed by atoms with Crippen LogP contribution in [0, 0.1) is 0 Å². The number of carboxylic acids is 2. The van der Waals surface area contributed by atoms with Crippen molar-refractivity contribution in [2.45, 2.75) is 45.1 Å². The number of aliphatic hydroxyl groups is 1. The first-order valence-electron chi connectivity index (χ1n) is 5.90. The minimum absolute atomic E-state index is 0.252. The van der Waals surface area contributed by atoms with E-state index < -0.39 is 17.5 Å². The largest absolute Gasteiger partial charge is 0.478 e. The monoisotopic (exact) mass is 256 g/mol. The number of unbranched alkanes of at least 4 members (excludes halogenated alkanes) is 3. The molecule has 0 unspecified atom stereocenters. The number of hydrogen-bond donors (Lipinski definition) is 3. The van der Waals surface area contributed by atoms with Gasteiger partial charge < -0.3 is 15.3 Å². The van der Waals surface area contributed by atoms with E-state index in [0.717, 1.165) is 25.7 Å². The summed E-state index contributed by atoms with van der Waals surface area (Å²) in [5.74, 6) is -2.59. The van der Waals surface area contributed by atoms with Gasteiger partial charge in [0.1, 0.15) is 0 Å². The van der Waals surface area contributed by atoms with Gasteiger partial charge in [-0.05, 0) is 26.2 Å². The molecule has 5 heteroatoms. The molecule has 0 amide bonds. The Kier molecular flexibility index (Phi) is 7.71. The summed E-state index contributed by atoms with van der Waals surface area (Å²) in [4.78, 5) is 21.5. The van der Waals surface area contributed by atoms with E-state index in [1.165, 1.54) is 6.08 Å². The quantitative estimate of drug-likeness (QED) is 0.333. The van der Waals surface area contributed by atoms with Crippen molar-refractivity contribution in [3.8, 4) is 0 Å². The minimum Gasteiger partial charge on any atom is -0.478 e. The Bertz CT molecular complexity index is 341. The van der Waals surface area contributed by atoms with E-state index in [-0.39, 0.29) is 11.7 Å². The van der Waals surface area contributed by atoms with Crippen molar-refractivity contribution >= 4 is 11.9 Å². The summed E-state index contributed by atoms with van der Waals surface area (Å²) in [6.45, 7) is 4.95. The maximum Gasteiger partial charge on any atom is 0.336 e. The van der Waals surface area contributed by atoms with E-state index in [1.54, 1.807) is 6.92 Å². The molecule has 0 bridgehead atoms. The molecule has 102 valence electrons. The fourth-order valence-electron chi connectivity index (χ4n) is 1.46. The standard InChI is InChI=1S/C13H20O5/c1-9(14)7-5-3-4-6-8-11(13(17)18)10(2)12(15)16/h8-9,14H,2-7H2,1H3,(H,15,16)(H,17,18)/b11-8+/t9-/m1/s1. The van der Waals surface area contributed by atoms with E-state index >= 15 is 0 Å². The van der Waals surface area contributed by atoms with Crippen LogP contribution in [0.3, 0.4) is 0 Å². The molecule has 0 aliphatic carbocycles. The summed E-state index contributed by atoms with van der Waals surface area (Å²) in [6, 6.07) is 0. The summed E-state index contributed by atoms with van der Waals surface area (Å²) in [5.41, 5.74) is -0.649. The second-order valence-electron chi connectivity index (χ2n) is 4.19. The maximum atomic E-state index is 10.8. The van der Waals surface area contributed by atoms with Crippen LogP contribution in [0.1, 0.15) is 39.0 Å². The molecule has 0 heterocycles. The Morgan fingerprint density at radius 2 is 1.78 bits per heavy atom. The average molecular weight is 256 g/mol. The molecule has 0 rings (SSSR count). The van der Waals surface area contributed by atoms with Crippen LogP contribution in [0.4, 0.5) is 0 Å². The van der Waals surface area contributed by atoms with Gasteiger partial charge in [0.05, 0.1) is 17.3 Å². The lowest BCUT2D eigenvalue weighted by molar-refractivity contribution is -0.136. The number of carboxylic acid groups (broad SMARTS) is 2. The highest BCUT2D eigenvalue weighted by molar-refractivity contribution is 6.04. The summed E-state index contributed by atoms with van der Waals surface area (Å²) in [7, 11) is 0. The molecule has 0 aromatic rings. The third-order valence-electron chi connectivity index (χ3n) is 2.49. The van der Waals surface area contributed by atoms with Crippen molar-refractivity contribution in [3.05, 3.63) is 23.8 Å². The number of hydrogen-bond acceptors (Lipinski definition) is 3. The lowest BCUT2D eigenvalue weighted by atomic mass is 10.0. The zero-order valence-corrected chi connectivity index (χ0v) is 10.6. The van der Waals surface area contributed by atoms with Gasteiger partial charge in [0, 0.05) is 0 Å². The zero-order valence-electron chi connectivity index (χ0n) is 10.6. The van der Waals surface area contributed by atoms with Gasteiger partial charge >= 0.3 is 11.9 Å². The summed E-state index contributed by atoms with van der Waals surface area (Å²) in [5, 5.41) is 26.6. The Morgan fingerprint density at radius 1 is 1.17 bits per heavy atom. The lowest BCUT2D eigenvalue weighted by Gasteiger charge is -2.04. The van der Waals surface area contributed by atoms with Crippen molar-refractivity contribution in [3.63, 3.8) is 0 Å². The molecule has 0 aromatic carbocycles. The number of rotatable bonds is 9. The molecule has 0 saturated heterocycles. The second-order valence-corrected chi connectivity index (χ2v) is 4.19. The molecule has 18 heavy (non-hydrogen) atoms. The van der Waals surface area contributed by atoms with Crippen LogP contribution in [0.25, 0.3) is 0 Å². The number of carbonyl (C=O) groups is 2. The SMILES string of the molecule is C=C(C(=O)O)/C(=C\CCCCC[C@@H](C)O)C(=O)O. The van der Waals surface area contributed by atoms with Gasteiger partial charge in [0.25, 0.3) is 0 Å². The van der Waals surface area contributed by atoms with Crippen LogP contribution >= 0.6 is 0 Å². The fourth-order valence-corrected chi connectivity index (χ4v) is 1.46. The molecule has 0 aliphatic heterocycles. The molecule has 0 aliphatic rings. The first-order valence-corrected chi connectivity index (χ1v) is 5.90. The molecule has 5 nitrogen and oxygen atoms in total. The summed E-state index contributed by atoms with van der Waals surface area (Å²) < 4.78 is 0. The van der Waals surface area contributed by atoms with Crippen molar-refractivity contribution in [2.24, 2.45) is 0 Å². The molecule has 0 radical (unpaired) electrons. The van der Waals surface area contributed by atoms with Gasteiger partial charge in [-0.15, -0.1) is 0 Å². The normalized spacial score (nSPS) is 13.1. The molecule has 0 fully saturated rings. The molecular formula is C13H20O5. The van der Waals surface area contributed by atoms with Gasteiger partial charge in [0.15, 0.2) is 0 Å². The van der Waals surface area contributed by atoms with Gasteiger partial charge in [-0.25, -0.2) is 9.59 Å². The van der Waals surface area contributed by atoms with Gasteiger partial charge in [-0.3, -0.25) is 0 Å². The van der Waals surface area contributed by atoms with Crippen molar-refractivity contribution in [2.75, 3.05) is 0 Å². The Hall–Kier alpha value is -1.62. The summed E-state index contributed by atoms with van der Waals surface area (Å²) in [6.07, 6.45) is 4.78. The van der Waals surface area contributed by atoms with E-state index in [1.807, 2.05) is 0 Å². The van der Waals surface area contributed by atoms with Crippen molar-refractivity contribution in [1.29, 1.82) is 0 Å². The molecule has 0 saturated carbocycles.